The van der Waals surface area contributed by atoms with Crippen LogP contribution < -0.4 is 5.32 Å². The number of hydrogen-bond donors (Lipinski definition) is 2. The number of halogens is 1. The molecule has 0 amide bonds. The van der Waals surface area contributed by atoms with E-state index in [-0.39, 0.29) is 12.5 Å². The number of pyridine rings is 1. The molecular formula is C27H37BrN4O2. The van der Waals surface area contributed by atoms with Crippen LogP contribution in [0.25, 0.3) is 0 Å². The summed E-state index contributed by atoms with van der Waals surface area (Å²) in [6.07, 6.45) is 6.99. The van der Waals surface area contributed by atoms with Gasteiger partial charge in [0.1, 0.15) is 5.82 Å². The first kappa shape index (κ1) is 25.1. The number of nitrogens with zero attached hydrogens (tertiary/aromatic N) is 3. The number of anilines is 1. The van der Waals surface area contributed by atoms with Crippen LogP contribution in [0.3, 0.4) is 0 Å². The van der Waals surface area contributed by atoms with Crippen LogP contribution in [0.2, 0.25) is 0 Å². The van der Waals surface area contributed by atoms with Gasteiger partial charge >= 0.3 is 5.97 Å². The standard InChI is InChI=1S/C27H37BrN4O2/c1-31(25(17-26(33)34)22-7-2-9-23(28)16-22)18-20-6-4-14-32(19-20)15-5-10-24-12-11-21-8-3-13-29-27(21)30-24/h2,7,9,11-12,16,20,25H,3-6,8,10,13-15,17-19H2,1H3,(H,29,30)(H,33,34)/t20-,25-/m0/s1. The summed E-state index contributed by atoms with van der Waals surface area (Å²) in [5.74, 6) is 0.896. The van der Waals surface area contributed by atoms with E-state index in [1.54, 1.807) is 0 Å². The number of carboxylic acid groups (broad SMARTS) is 1. The molecule has 184 valence electrons. The number of likely N-dealkylation sites (tertiary alicyclic amines) is 1. The minimum absolute atomic E-state index is 0.117. The first-order chi connectivity index (χ1) is 16.5. The SMILES string of the molecule is CN(C[C@@H]1CCCN(CCCc2ccc3c(n2)NCCC3)C1)[C@@H](CC(=O)O)c1cccc(Br)c1. The van der Waals surface area contributed by atoms with E-state index in [4.69, 9.17) is 4.98 Å². The van der Waals surface area contributed by atoms with Crippen molar-refractivity contribution in [3.8, 4) is 0 Å². The van der Waals surface area contributed by atoms with Crippen molar-refractivity contribution in [2.24, 2.45) is 5.92 Å². The lowest BCUT2D eigenvalue weighted by molar-refractivity contribution is -0.138. The maximum atomic E-state index is 11.6. The third-order valence-corrected chi connectivity index (χ3v) is 7.64. The number of aryl methyl sites for hydroxylation is 2. The summed E-state index contributed by atoms with van der Waals surface area (Å²) in [6.45, 7) is 5.28. The molecule has 1 saturated heterocycles. The lowest BCUT2D eigenvalue weighted by Crippen LogP contribution is -2.41. The molecule has 7 heteroatoms. The van der Waals surface area contributed by atoms with Crippen LogP contribution in [-0.4, -0.2) is 65.6 Å². The van der Waals surface area contributed by atoms with Gasteiger partial charge in [0.2, 0.25) is 0 Å². The van der Waals surface area contributed by atoms with Gasteiger partial charge in [-0.15, -0.1) is 0 Å². The maximum absolute atomic E-state index is 11.6. The summed E-state index contributed by atoms with van der Waals surface area (Å²) in [4.78, 5) is 21.2. The number of hydrogen-bond acceptors (Lipinski definition) is 5. The Bertz CT molecular complexity index is 969. The number of rotatable bonds is 10. The van der Waals surface area contributed by atoms with Gasteiger partial charge in [-0.1, -0.05) is 34.1 Å². The van der Waals surface area contributed by atoms with Crippen molar-refractivity contribution in [1.82, 2.24) is 14.8 Å². The molecule has 6 nitrogen and oxygen atoms in total. The third-order valence-electron chi connectivity index (χ3n) is 7.14. The van der Waals surface area contributed by atoms with Crippen LogP contribution in [0.1, 0.15) is 55.0 Å². The topological polar surface area (TPSA) is 68.7 Å². The Kier molecular flexibility index (Phi) is 8.98. The molecule has 0 radical (unpaired) electrons. The Morgan fingerprint density at radius 2 is 2.21 bits per heavy atom. The van der Waals surface area contributed by atoms with Gasteiger partial charge in [-0.2, -0.15) is 0 Å². The molecule has 0 bridgehead atoms. The fourth-order valence-electron chi connectivity index (χ4n) is 5.44. The highest BCUT2D eigenvalue weighted by Gasteiger charge is 2.26. The van der Waals surface area contributed by atoms with Crippen molar-refractivity contribution in [3.63, 3.8) is 0 Å². The number of piperidine rings is 1. The van der Waals surface area contributed by atoms with Crippen LogP contribution >= 0.6 is 15.9 Å². The number of nitrogens with one attached hydrogen (secondary N) is 1. The van der Waals surface area contributed by atoms with Gasteiger partial charge < -0.3 is 15.3 Å². The molecule has 1 aromatic heterocycles. The molecule has 4 rings (SSSR count). The van der Waals surface area contributed by atoms with Gasteiger partial charge in [-0.05, 0) is 93.9 Å². The highest BCUT2D eigenvalue weighted by molar-refractivity contribution is 9.10. The first-order valence-electron chi connectivity index (χ1n) is 12.6. The largest absolute Gasteiger partial charge is 0.481 e. The molecule has 34 heavy (non-hydrogen) atoms. The second-order valence-corrected chi connectivity index (χ2v) is 10.8. The first-order valence-corrected chi connectivity index (χ1v) is 13.4. The molecule has 1 fully saturated rings. The van der Waals surface area contributed by atoms with E-state index in [2.05, 4.69) is 50.2 Å². The number of benzene rings is 1. The van der Waals surface area contributed by atoms with Crippen molar-refractivity contribution in [1.29, 1.82) is 0 Å². The number of fused-ring (bicyclic) bond motifs is 1. The maximum Gasteiger partial charge on any atom is 0.305 e. The van der Waals surface area contributed by atoms with E-state index in [1.165, 1.54) is 30.5 Å². The van der Waals surface area contributed by atoms with Crippen LogP contribution in [0.5, 0.6) is 0 Å². The van der Waals surface area contributed by atoms with Crippen molar-refractivity contribution in [2.75, 3.05) is 45.1 Å². The van der Waals surface area contributed by atoms with E-state index in [1.807, 2.05) is 24.3 Å². The average Bonchev–Trinajstić information content (AvgIpc) is 2.82. The molecule has 2 atom stereocenters. The number of carbonyl (C=O) groups is 1. The smallest absolute Gasteiger partial charge is 0.305 e. The van der Waals surface area contributed by atoms with Crippen LogP contribution in [0.15, 0.2) is 40.9 Å². The summed E-state index contributed by atoms with van der Waals surface area (Å²) < 4.78 is 0.988. The summed E-state index contributed by atoms with van der Waals surface area (Å²) in [6, 6.07) is 12.4. The Balaban J connectivity index is 1.28. The van der Waals surface area contributed by atoms with Gasteiger partial charge in [0.25, 0.3) is 0 Å². The summed E-state index contributed by atoms with van der Waals surface area (Å²) in [7, 11) is 2.07. The van der Waals surface area contributed by atoms with E-state index < -0.39 is 5.97 Å². The van der Waals surface area contributed by atoms with Gasteiger partial charge in [0, 0.05) is 35.8 Å². The molecule has 1 aromatic carbocycles. The Morgan fingerprint density at radius 3 is 3.03 bits per heavy atom. The quantitative estimate of drug-likeness (QED) is 0.452. The van der Waals surface area contributed by atoms with E-state index in [0.717, 1.165) is 67.8 Å². The summed E-state index contributed by atoms with van der Waals surface area (Å²) >= 11 is 3.53. The molecule has 2 aromatic rings. The molecule has 3 heterocycles. The van der Waals surface area contributed by atoms with Crippen LogP contribution in [0.4, 0.5) is 5.82 Å². The highest BCUT2D eigenvalue weighted by Crippen LogP contribution is 2.28. The molecule has 2 N–H and O–H groups in total. The number of carboxylic acids is 1. The molecule has 0 saturated carbocycles. The molecular weight excluding hydrogens is 492 g/mol. The predicted octanol–water partition coefficient (Wildman–Crippen LogP) is 4.99. The summed E-state index contributed by atoms with van der Waals surface area (Å²) in [5, 5.41) is 12.9. The van der Waals surface area contributed by atoms with Crippen molar-refractivity contribution >= 4 is 27.7 Å². The molecule has 0 aliphatic carbocycles. The van der Waals surface area contributed by atoms with Gasteiger partial charge in [0.15, 0.2) is 0 Å². The lowest BCUT2D eigenvalue weighted by atomic mass is 9.95. The minimum Gasteiger partial charge on any atom is -0.481 e. The van der Waals surface area contributed by atoms with Gasteiger partial charge in [-0.25, -0.2) is 4.98 Å². The lowest BCUT2D eigenvalue weighted by Gasteiger charge is -2.37. The monoisotopic (exact) mass is 528 g/mol. The Labute approximate surface area is 211 Å². The molecule has 2 aliphatic heterocycles. The second-order valence-electron chi connectivity index (χ2n) is 9.86. The Hall–Kier alpha value is -1.96. The van der Waals surface area contributed by atoms with E-state index in [9.17, 15) is 9.90 Å². The zero-order valence-electron chi connectivity index (χ0n) is 20.2. The highest BCUT2D eigenvalue weighted by atomic mass is 79.9. The Morgan fingerprint density at radius 1 is 1.32 bits per heavy atom. The van der Waals surface area contributed by atoms with Gasteiger partial charge in [0.05, 0.1) is 6.42 Å². The fourth-order valence-corrected chi connectivity index (χ4v) is 5.85. The molecule has 0 unspecified atom stereocenters. The van der Waals surface area contributed by atoms with Crippen molar-refractivity contribution in [3.05, 3.63) is 57.7 Å². The average molecular weight is 530 g/mol. The zero-order chi connectivity index (χ0) is 23.9. The van der Waals surface area contributed by atoms with E-state index in [0.29, 0.717) is 5.92 Å². The molecule has 2 aliphatic rings. The molecule has 0 spiro atoms. The van der Waals surface area contributed by atoms with Crippen LogP contribution in [-0.2, 0) is 17.6 Å². The van der Waals surface area contributed by atoms with Crippen molar-refractivity contribution < 1.29 is 9.90 Å². The second kappa shape index (κ2) is 12.1. The van der Waals surface area contributed by atoms with Gasteiger partial charge in [-0.3, -0.25) is 9.69 Å². The van der Waals surface area contributed by atoms with Crippen molar-refractivity contribution in [2.45, 2.75) is 51.0 Å². The third kappa shape index (κ3) is 7.03. The summed E-state index contributed by atoms with van der Waals surface area (Å²) in [5.41, 5.74) is 3.59. The van der Waals surface area contributed by atoms with Crippen LogP contribution in [0, 0.1) is 5.92 Å². The normalized spacial score (nSPS) is 19.4. The fraction of sp³-hybridized carbons (Fsp3) is 0.556. The minimum atomic E-state index is -0.756. The predicted molar refractivity (Wildman–Crippen MR) is 140 cm³/mol. The number of aliphatic carboxylic acids is 1. The van der Waals surface area contributed by atoms with E-state index >= 15 is 0 Å². The zero-order valence-corrected chi connectivity index (χ0v) is 21.8. The number of aromatic nitrogens is 1.